The minimum absolute atomic E-state index is 0.0718. The highest BCUT2D eigenvalue weighted by Crippen LogP contribution is 2.36. The molecule has 2 aliphatic heterocycles. The molecule has 1 saturated heterocycles. The van der Waals surface area contributed by atoms with Crippen molar-refractivity contribution in [1.82, 2.24) is 5.32 Å². The molecule has 0 aliphatic carbocycles. The number of hydrogen-bond acceptors (Lipinski definition) is 3. The number of benzene rings is 1. The molecule has 0 aromatic heterocycles. The lowest BCUT2D eigenvalue weighted by atomic mass is 10.1. The van der Waals surface area contributed by atoms with E-state index in [1.54, 1.807) is 0 Å². The lowest BCUT2D eigenvalue weighted by Gasteiger charge is -2.38. The second-order valence-corrected chi connectivity index (χ2v) is 5.53. The van der Waals surface area contributed by atoms with E-state index in [1.807, 2.05) is 11.8 Å². The minimum atomic E-state index is 0.0718. The van der Waals surface area contributed by atoms with Gasteiger partial charge in [-0.3, -0.25) is 0 Å². The Labute approximate surface area is 94.4 Å². The minimum Gasteiger partial charge on any atom is -0.486 e. The molecule has 0 saturated carbocycles. The van der Waals surface area contributed by atoms with Gasteiger partial charge in [-0.15, -0.1) is 0 Å². The lowest BCUT2D eigenvalue weighted by Crippen LogP contribution is -2.45. The summed E-state index contributed by atoms with van der Waals surface area (Å²) in [4.78, 5) is 0. The van der Waals surface area contributed by atoms with Gasteiger partial charge >= 0.3 is 0 Å². The van der Waals surface area contributed by atoms with Crippen LogP contribution in [0.15, 0.2) is 18.2 Å². The van der Waals surface area contributed by atoms with Gasteiger partial charge in [0.25, 0.3) is 0 Å². The Morgan fingerprint density at radius 3 is 2.93 bits per heavy atom. The number of nitrogens with one attached hydrogen (secondary N) is 1. The van der Waals surface area contributed by atoms with Gasteiger partial charge < -0.3 is 10.1 Å². The fourth-order valence-electron chi connectivity index (χ4n) is 2.11. The van der Waals surface area contributed by atoms with Gasteiger partial charge in [0.15, 0.2) is 0 Å². The van der Waals surface area contributed by atoms with Crippen LogP contribution in [0.3, 0.4) is 0 Å². The Morgan fingerprint density at radius 1 is 1.33 bits per heavy atom. The summed E-state index contributed by atoms with van der Waals surface area (Å²) in [5.41, 5.74) is 2.82. The summed E-state index contributed by atoms with van der Waals surface area (Å²) in [5.74, 6) is 3.31. The topological polar surface area (TPSA) is 21.3 Å². The third kappa shape index (κ3) is 1.64. The van der Waals surface area contributed by atoms with Crippen molar-refractivity contribution in [3.8, 4) is 5.75 Å². The lowest BCUT2D eigenvalue weighted by molar-refractivity contribution is 0.127. The maximum absolute atomic E-state index is 6.12. The van der Waals surface area contributed by atoms with Crippen LogP contribution in [0.1, 0.15) is 18.1 Å². The van der Waals surface area contributed by atoms with Crippen molar-refractivity contribution in [1.29, 1.82) is 0 Å². The van der Waals surface area contributed by atoms with E-state index in [2.05, 4.69) is 30.4 Å². The zero-order valence-electron chi connectivity index (χ0n) is 8.88. The molecule has 1 fully saturated rings. The molecule has 1 aromatic carbocycles. The van der Waals surface area contributed by atoms with E-state index in [4.69, 9.17) is 4.74 Å². The molecule has 2 aliphatic rings. The third-order valence-electron chi connectivity index (χ3n) is 3.02. The van der Waals surface area contributed by atoms with Crippen LogP contribution in [0.5, 0.6) is 5.75 Å². The summed E-state index contributed by atoms with van der Waals surface area (Å²) < 4.78 is 6.12. The predicted molar refractivity (Wildman–Crippen MR) is 63.3 cm³/mol. The van der Waals surface area contributed by atoms with Crippen LogP contribution in [0, 0.1) is 0 Å². The van der Waals surface area contributed by atoms with E-state index in [9.17, 15) is 0 Å². The first kappa shape index (κ1) is 9.55. The van der Waals surface area contributed by atoms with E-state index in [0.717, 1.165) is 30.3 Å². The van der Waals surface area contributed by atoms with Crippen molar-refractivity contribution < 1.29 is 4.74 Å². The summed E-state index contributed by atoms with van der Waals surface area (Å²) in [6.45, 7) is 4.14. The molecule has 0 amide bonds. The molecule has 0 bridgehead atoms. The molecule has 15 heavy (non-hydrogen) atoms. The fraction of sp³-hybridized carbons (Fsp3) is 0.500. The number of ether oxygens (including phenoxy) is 1. The Balaban J connectivity index is 1.89. The molecule has 3 rings (SSSR count). The van der Waals surface area contributed by atoms with Gasteiger partial charge in [0.2, 0.25) is 0 Å². The van der Waals surface area contributed by atoms with Crippen LogP contribution in [0.4, 0.5) is 0 Å². The number of hydrogen-bond donors (Lipinski definition) is 1. The molecule has 1 N–H and O–H groups in total. The van der Waals surface area contributed by atoms with Crippen molar-refractivity contribution in [2.24, 2.45) is 0 Å². The monoisotopic (exact) mass is 221 g/mol. The summed E-state index contributed by atoms with van der Waals surface area (Å²) in [6, 6.07) is 6.37. The molecule has 2 heterocycles. The summed E-state index contributed by atoms with van der Waals surface area (Å²) in [7, 11) is 0. The van der Waals surface area contributed by atoms with E-state index >= 15 is 0 Å². The Morgan fingerprint density at radius 2 is 2.20 bits per heavy atom. The molecule has 2 nitrogen and oxygen atoms in total. The SMILES string of the molecule is CC1(Oc2cccc3c2CNC3)CSC1. The predicted octanol–water partition coefficient (Wildman–Crippen LogP) is 2.17. The summed E-state index contributed by atoms with van der Waals surface area (Å²) >= 11 is 1.96. The van der Waals surface area contributed by atoms with E-state index in [1.165, 1.54) is 11.1 Å². The second-order valence-electron chi connectivity index (χ2n) is 4.54. The average Bonchev–Trinajstić information content (AvgIpc) is 2.64. The first-order chi connectivity index (χ1) is 7.27. The van der Waals surface area contributed by atoms with Gasteiger partial charge in [0, 0.05) is 30.2 Å². The molecule has 0 unspecified atom stereocenters. The number of rotatable bonds is 2. The van der Waals surface area contributed by atoms with Crippen molar-refractivity contribution in [3.05, 3.63) is 29.3 Å². The van der Waals surface area contributed by atoms with Crippen molar-refractivity contribution in [3.63, 3.8) is 0 Å². The summed E-state index contributed by atoms with van der Waals surface area (Å²) in [6.07, 6.45) is 0. The third-order valence-corrected chi connectivity index (χ3v) is 4.65. The molecule has 3 heteroatoms. The second kappa shape index (κ2) is 3.42. The molecule has 0 radical (unpaired) electrons. The Hall–Kier alpha value is -0.670. The highest BCUT2D eigenvalue weighted by atomic mass is 32.2. The maximum Gasteiger partial charge on any atom is 0.125 e. The van der Waals surface area contributed by atoms with Crippen LogP contribution >= 0.6 is 11.8 Å². The molecular formula is C12H15NOS. The van der Waals surface area contributed by atoms with E-state index in [0.29, 0.717) is 0 Å². The van der Waals surface area contributed by atoms with Crippen LogP contribution < -0.4 is 10.1 Å². The largest absolute Gasteiger partial charge is 0.486 e. The molecule has 1 aromatic rings. The van der Waals surface area contributed by atoms with Crippen molar-refractivity contribution in [2.75, 3.05) is 11.5 Å². The van der Waals surface area contributed by atoms with Crippen LogP contribution in [0.25, 0.3) is 0 Å². The van der Waals surface area contributed by atoms with Crippen LogP contribution in [-0.2, 0) is 13.1 Å². The first-order valence-electron chi connectivity index (χ1n) is 5.35. The smallest absolute Gasteiger partial charge is 0.125 e. The Kier molecular flexibility index (Phi) is 2.18. The van der Waals surface area contributed by atoms with Crippen LogP contribution in [0.2, 0.25) is 0 Å². The first-order valence-corrected chi connectivity index (χ1v) is 6.51. The highest BCUT2D eigenvalue weighted by Gasteiger charge is 2.35. The average molecular weight is 221 g/mol. The number of fused-ring (bicyclic) bond motifs is 1. The van der Waals surface area contributed by atoms with Gasteiger partial charge in [-0.1, -0.05) is 12.1 Å². The van der Waals surface area contributed by atoms with Gasteiger partial charge in [-0.25, -0.2) is 0 Å². The number of thioether (sulfide) groups is 1. The van der Waals surface area contributed by atoms with E-state index < -0.39 is 0 Å². The van der Waals surface area contributed by atoms with Gasteiger partial charge in [-0.05, 0) is 18.6 Å². The van der Waals surface area contributed by atoms with Gasteiger partial charge in [0.05, 0.1) is 0 Å². The highest BCUT2D eigenvalue weighted by molar-refractivity contribution is 8.00. The van der Waals surface area contributed by atoms with Gasteiger partial charge in [0.1, 0.15) is 11.4 Å². The van der Waals surface area contributed by atoms with Crippen LogP contribution in [-0.4, -0.2) is 17.1 Å². The summed E-state index contributed by atoms with van der Waals surface area (Å²) in [5, 5.41) is 3.36. The molecule has 0 atom stereocenters. The van der Waals surface area contributed by atoms with Gasteiger partial charge in [-0.2, -0.15) is 11.8 Å². The molecule has 80 valence electrons. The quantitative estimate of drug-likeness (QED) is 0.827. The standard InChI is InChI=1S/C12H15NOS/c1-12(7-15-8-12)14-11-4-2-3-9-5-13-6-10(9)11/h2-4,13H,5-8H2,1H3. The molecule has 0 spiro atoms. The Bertz CT molecular complexity index is 387. The zero-order chi connectivity index (χ0) is 10.3. The zero-order valence-corrected chi connectivity index (χ0v) is 9.69. The van der Waals surface area contributed by atoms with Crippen molar-refractivity contribution >= 4 is 11.8 Å². The molecular weight excluding hydrogens is 206 g/mol. The fourth-order valence-corrected chi connectivity index (χ4v) is 3.01. The van der Waals surface area contributed by atoms with E-state index in [-0.39, 0.29) is 5.60 Å². The maximum atomic E-state index is 6.12. The normalized spacial score (nSPS) is 21.9. The van der Waals surface area contributed by atoms with Crippen molar-refractivity contribution in [2.45, 2.75) is 25.6 Å².